The summed E-state index contributed by atoms with van der Waals surface area (Å²) in [6.45, 7) is 0. The zero-order valence-corrected chi connectivity index (χ0v) is 18.0. The van der Waals surface area contributed by atoms with Crippen LogP contribution in [-0.2, 0) is 12.6 Å². The third-order valence-corrected chi connectivity index (χ3v) is 5.67. The fourth-order valence-corrected chi connectivity index (χ4v) is 4.07. The van der Waals surface area contributed by atoms with E-state index in [0.717, 1.165) is 6.07 Å². The number of aromatic hydroxyl groups is 1. The molecule has 35 heavy (non-hydrogen) atoms. The van der Waals surface area contributed by atoms with Crippen molar-refractivity contribution in [3.05, 3.63) is 113 Å². The van der Waals surface area contributed by atoms with E-state index in [-0.39, 0.29) is 40.7 Å². The van der Waals surface area contributed by atoms with Gasteiger partial charge >= 0.3 is 6.18 Å². The van der Waals surface area contributed by atoms with Gasteiger partial charge in [0.2, 0.25) is 11.6 Å². The smallest absolute Gasteiger partial charge is 0.449 e. The minimum atomic E-state index is -4.62. The van der Waals surface area contributed by atoms with Gasteiger partial charge in [0.25, 0.3) is 0 Å². The normalized spacial score (nSPS) is 12.8. The maximum atomic E-state index is 15.2. The molecule has 0 aliphatic carbocycles. The minimum Gasteiger partial charge on any atom is -0.493 e. The molecule has 1 atom stereocenters. The lowest BCUT2D eigenvalue weighted by Crippen LogP contribution is -2.11. The fourth-order valence-electron chi connectivity index (χ4n) is 4.07. The molecular weight excluding hydrogens is 464 g/mol. The van der Waals surface area contributed by atoms with E-state index in [1.54, 1.807) is 24.3 Å². The molecule has 0 saturated carbocycles. The first-order chi connectivity index (χ1) is 16.7. The second kappa shape index (κ2) is 8.46. The van der Waals surface area contributed by atoms with Crippen LogP contribution in [0.15, 0.2) is 77.5 Å². The van der Waals surface area contributed by atoms with Gasteiger partial charge in [-0.3, -0.25) is 9.38 Å². The Balaban J connectivity index is 1.65. The SMILES string of the molecule is Nc1cccc(C(c2ccccc2)c2nccn3c(O)c(Cc4ccc(C(F)(F)F)o4)nc23)c1F. The van der Waals surface area contributed by atoms with Gasteiger partial charge in [0.05, 0.1) is 23.7 Å². The predicted molar refractivity (Wildman–Crippen MR) is 119 cm³/mol. The molecule has 0 saturated heterocycles. The number of hydrogen-bond donors (Lipinski definition) is 2. The summed E-state index contributed by atoms with van der Waals surface area (Å²) >= 11 is 0. The molecule has 0 spiro atoms. The fraction of sp³-hybridized carbons (Fsp3) is 0.120. The summed E-state index contributed by atoms with van der Waals surface area (Å²) in [5.41, 5.74) is 7.42. The number of nitrogens with zero attached hydrogens (tertiary/aromatic N) is 3. The lowest BCUT2D eigenvalue weighted by molar-refractivity contribution is -0.153. The Bertz CT molecular complexity index is 1510. The van der Waals surface area contributed by atoms with Crippen LogP contribution in [0.2, 0.25) is 0 Å². The van der Waals surface area contributed by atoms with Gasteiger partial charge in [-0.05, 0) is 23.8 Å². The largest absolute Gasteiger partial charge is 0.493 e. The summed E-state index contributed by atoms with van der Waals surface area (Å²) in [5, 5.41) is 10.8. The van der Waals surface area contributed by atoms with Crippen molar-refractivity contribution in [2.75, 3.05) is 5.73 Å². The van der Waals surface area contributed by atoms with E-state index in [2.05, 4.69) is 9.97 Å². The molecule has 0 fully saturated rings. The summed E-state index contributed by atoms with van der Waals surface area (Å²) < 4.78 is 60.1. The van der Waals surface area contributed by atoms with Crippen molar-refractivity contribution < 1.29 is 27.1 Å². The van der Waals surface area contributed by atoms with Gasteiger partial charge in [0.1, 0.15) is 17.3 Å². The predicted octanol–water partition coefficient (Wildman–Crippen LogP) is 5.54. The monoisotopic (exact) mass is 482 g/mol. The van der Waals surface area contributed by atoms with Crippen molar-refractivity contribution in [1.29, 1.82) is 0 Å². The number of benzene rings is 2. The summed E-state index contributed by atoms with van der Waals surface area (Å²) in [6.07, 6.45) is -1.92. The number of halogens is 4. The zero-order valence-electron chi connectivity index (χ0n) is 18.0. The minimum absolute atomic E-state index is 0.0213. The highest BCUT2D eigenvalue weighted by molar-refractivity contribution is 5.58. The number of fused-ring (bicyclic) bond motifs is 1. The first kappa shape index (κ1) is 22.5. The number of nitrogens with two attached hydrogens (primary N) is 1. The molecular formula is C25H18F4N4O2. The standard InChI is InChI=1S/C25H18F4N4O2/c26-21-16(7-4-8-17(21)30)20(14-5-2-1-3-6-14)22-23-32-18(24(34)33(23)12-11-31-22)13-15-9-10-19(35-15)25(27,28)29/h1-12,20,34H,13,30H2. The topological polar surface area (TPSA) is 89.6 Å². The molecule has 0 aliphatic rings. The number of hydrogen-bond acceptors (Lipinski definition) is 5. The Morgan fingerprint density at radius 2 is 1.80 bits per heavy atom. The Kier molecular flexibility index (Phi) is 5.43. The second-order valence-electron chi connectivity index (χ2n) is 7.92. The van der Waals surface area contributed by atoms with Gasteiger partial charge < -0.3 is 15.3 Å². The lowest BCUT2D eigenvalue weighted by Gasteiger charge is -2.19. The first-order valence-electron chi connectivity index (χ1n) is 10.5. The molecule has 1 unspecified atom stereocenters. The van der Waals surface area contributed by atoms with E-state index in [9.17, 15) is 18.3 Å². The van der Waals surface area contributed by atoms with Crippen LogP contribution in [0.4, 0.5) is 23.2 Å². The van der Waals surface area contributed by atoms with Crippen LogP contribution in [0.1, 0.15) is 40.0 Å². The molecule has 0 radical (unpaired) electrons. The molecule has 3 aromatic heterocycles. The maximum absolute atomic E-state index is 15.2. The molecule has 3 heterocycles. The molecule has 0 aliphatic heterocycles. The van der Waals surface area contributed by atoms with E-state index < -0.39 is 23.7 Å². The number of furan rings is 1. The van der Waals surface area contributed by atoms with Crippen LogP contribution >= 0.6 is 0 Å². The number of anilines is 1. The van der Waals surface area contributed by atoms with Crippen molar-refractivity contribution >= 4 is 11.3 Å². The van der Waals surface area contributed by atoms with E-state index in [4.69, 9.17) is 10.2 Å². The highest BCUT2D eigenvalue weighted by Gasteiger charge is 2.35. The molecule has 10 heteroatoms. The third-order valence-electron chi connectivity index (χ3n) is 5.67. The van der Waals surface area contributed by atoms with Crippen molar-refractivity contribution in [2.24, 2.45) is 0 Å². The molecule has 0 bridgehead atoms. The number of aromatic nitrogens is 3. The molecule has 5 aromatic rings. The number of nitrogen functional groups attached to an aromatic ring is 1. The third kappa shape index (κ3) is 4.07. The van der Waals surface area contributed by atoms with E-state index in [0.29, 0.717) is 11.3 Å². The van der Waals surface area contributed by atoms with Crippen LogP contribution in [0.25, 0.3) is 5.65 Å². The second-order valence-corrected chi connectivity index (χ2v) is 7.92. The van der Waals surface area contributed by atoms with Crippen LogP contribution in [0, 0.1) is 5.82 Å². The number of imidazole rings is 1. The van der Waals surface area contributed by atoms with Crippen molar-refractivity contribution in [2.45, 2.75) is 18.5 Å². The van der Waals surface area contributed by atoms with Crippen molar-refractivity contribution in [3.8, 4) is 5.88 Å². The van der Waals surface area contributed by atoms with Crippen LogP contribution in [-0.4, -0.2) is 19.5 Å². The van der Waals surface area contributed by atoms with Gasteiger partial charge in [-0.2, -0.15) is 13.2 Å². The summed E-state index contributed by atoms with van der Waals surface area (Å²) in [7, 11) is 0. The zero-order chi connectivity index (χ0) is 24.7. The molecule has 6 nitrogen and oxygen atoms in total. The van der Waals surface area contributed by atoms with Gasteiger partial charge in [-0.25, -0.2) is 9.37 Å². The highest BCUT2D eigenvalue weighted by Crippen LogP contribution is 2.37. The summed E-state index contributed by atoms with van der Waals surface area (Å²) in [4.78, 5) is 8.91. The average Bonchev–Trinajstić information content (AvgIpc) is 3.43. The van der Waals surface area contributed by atoms with E-state index in [1.165, 1.54) is 28.9 Å². The lowest BCUT2D eigenvalue weighted by atomic mass is 9.87. The van der Waals surface area contributed by atoms with Crippen molar-refractivity contribution in [1.82, 2.24) is 14.4 Å². The average molecular weight is 482 g/mol. The van der Waals surface area contributed by atoms with Gasteiger partial charge in [0, 0.05) is 18.0 Å². The molecule has 3 N–H and O–H groups in total. The van der Waals surface area contributed by atoms with Crippen molar-refractivity contribution in [3.63, 3.8) is 0 Å². The summed E-state index contributed by atoms with van der Waals surface area (Å²) in [6, 6.07) is 15.7. The number of alkyl halides is 3. The Morgan fingerprint density at radius 3 is 2.51 bits per heavy atom. The van der Waals surface area contributed by atoms with Gasteiger partial charge in [-0.1, -0.05) is 42.5 Å². The summed E-state index contributed by atoms with van der Waals surface area (Å²) in [5.74, 6) is -2.77. The number of rotatable bonds is 5. The molecule has 5 rings (SSSR count). The van der Waals surface area contributed by atoms with E-state index >= 15 is 4.39 Å². The maximum Gasteiger partial charge on any atom is 0.449 e. The molecule has 2 aromatic carbocycles. The highest BCUT2D eigenvalue weighted by atomic mass is 19.4. The van der Waals surface area contributed by atoms with E-state index in [1.807, 2.05) is 18.2 Å². The van der Waals surface area contributed by atoms with Crippen LogP contribution in [0.3, 0.4) is 0 Å². The Hall–Kier alpha value is -4.34. The van der Waals surface area contributed by atoms with Crippen LogP contribution < -0.4 is 5.73 Å². The molecule has 0 amide bonds. The quantitative estimate of drug-likeness (QED) is 0.254. The Labute approximate surface area is 196 Å². The van der Waals surface area contributed by atoms with Gasteiger partial charge in [-0.15, -0.1) is 0 Å². The molecule has 178 valence electrons. The Morgan fingerprint density at radius 1 is 1.03 bits per heavy atom. The van der Waals surface area contributed by atoms with Gasteiger partial charge in [0.15, 0.2) is 5.65 Å². The van der Waals surface area contributed by atoms with Crippen LogP contribution in [0.5, 0.6) is 5.88 Å². The first-order valence-corrected chi connectivity index (χ1v) is 10.5.